The molecule has 2 aliphatic rings. The largest absolute Gasteiger partial charge is 0.401 e. The van der Waals surface area contributed by atoms with Crippen molar-refractivity contribution in [2.24, 2.45) is 11.7 Å². The summed E-state index contributed by atoms with van der Waals surface area (Å²) in [6.45, 7) is 2.25. The number of morpholine rings is 1. The van der Waals surface area contributed by atoms with E-state index in [0.717, 1.165) is 37.2 Å². The summed E-state index contributed by atoms with van der Waals surface area (Å²) in [6, 6.07) is 3.70. The lowest BCUT2D eigenvalue weighted by molar-refractivity contribution is -0.112. The fraction of sp³-hybridized carbons (Fsp3) is 0.471. The van der Waals surface area contributed by atoms with Crippen LogP contribution in [-0.2, 0) is 16.0 Å². The average molecular weight is 349 g/mol. The lowest BCUT2D eigenvalue weighted by Gasteiger charge is -2.23. The van der Waals surface area contributed by atoms with Crippen LogP contribution in [0.15, 0.2) is 29.1 Å². The van der Waals surface area contributed by atoms with Crippen LogP contribution in [0.4, 0.5) is 0 Å². The maximum atomic E-state index is 12.2. The SMILES string of the molecule is N=C(C(=O)Cc1ccc([C@H]2CNCCO2)nc1)C(Cl)=C(N)C1CC1. The van der Waals surface area contributed by atoms with Crippen molar-refractivity contribution < 1.29 is 9.53 Å². The van der Waals surface area contributed by atoms with Gasteiger partial charge in [-0.15, -0.1) is 0 Å². The highest BCUT2D eigenvalue weighted by Gasteiger charge is 2.28. The Morgan fingerprint density at radius 1 is 1.46 bits per heavy atom. The second-order valence-electron chi connectivity index (χ2n) is 6.17. The lowest BCUT2D eigenvalue weighted by Crippen LogP contribution is -2.33. The Kier molecular flexibility index (Phi) is 5.28. The number of rotatable bonds is 6. The smallest absolute Gasteiger partial charge is 0.186 e. The number of hydrogen-bond donors (Lipinski definition) is 3. The van der Waals surface area contributed by atoms with Crippen molar-refractivity contribution in [1.82, 2.24) is 10.3 Å². The predicted octanol–water partition coefficient (Wildman–Crippen LogP) is 1.69. The van der Waals surface area contributed by atoms with Gasteiger partial charge in [-0.05, 0) is 24.5 Å². The van der Waals surface area contributed by atoms with Crippen molar-refractivity contribution in [1.29, 1.82) is 5.41 Å². The van der Waals surface area contributed by atoms with Crippen LogP contribution in [0, 0.1) is 11.3 Å². The molecule has 2 fully saturated rings. The van der Waals surface area contributed by atoms with E-state index >= 15 is 0 Å². The molecule has 0 spiro atoms. The second kappa shape index (κ2) is 7.42. The first-order valence-electron chi connectivity index (χ1n) is 8.10. The van der Waals surface area contributed by atoms with Crippen molar-refractivity contribution in [3.63, 3.8) is 0 Å². The quantitative estimate of drug-likeness (QED) is 0.679. The zero-order valence-corrected chi connectivity index (χ0v) is 14.1. The number of aromatic nitrogens is 1. The van der Waals surface area contributed by atoms with Gasteiger partial charge in [-0.2, -0.15) is 0 Å². The topological polar surface area (TPSA) is 101 Å². The minimum atomic E-state index is -0.353. The highest BCUT2D eigenvalue weighted by Crippen LogP contribution is 2.36. The van der Waals surface area contributed by atoms with E-state index in [1.807, 2.05) is 12.1 Å². The van der Waals surface area contributed by atoms with Crippen molar-refractivity contribution in [2.45, 2.75) is 25.4 Å². The number of halogens is 1. The fourth-order valence-electron chi connectivity index (χ4n) is 2.60. The predicted molar refractivity (Wildman–Crippen MR) is 92.0 cm³/mol. The minimum absolute atomic E-state index is 0.0579. The Bertz CT molecular complexity index is 662. The first-order chi connectivity index (χ1) is 11.6. The van der Waals surface area contributed by atoms with Crippen LogP contribution in [0.5, 0.6) is 0 Å². The molecule has 1 saturated carbocycles. The number of nitrogens with zero attached hydrogens (tertiary/aromatic N) is 1. The summed E-state index contributed by atoms with van der Waals surface area (Å²) in [4.78, 5) is 16.6. The molecule has 0 aromatic carbocycles. The van der Waals surface area contributed by atoms with Crippen LogP contribution in [-0.4, -0.2) is 36.2 Å². The summed E-state index contributed by atoms with van der Waals surface area (Å²) in [5.41, 5.74) is 7.70. The van der Waals surface area contributed by atoms with Crippen LogP contribution < -0.4 is 11.1 Å². The fourth-order valence-corrected chi connectivity index (χ4v) is 2.86. The van der Waals surface area contributed by atoms with E-state index in [0.29, 0.717) is 12.3 Å². The van der Waals surface area contributed by atoms with Gasteiger partial charge in [-0.25, -0.2) is 0 Å². The van der Waals surface area contributed by atoms with Gasteiger partial charge in [-0.3, -0.25) is 15.2 Å². The average Bonchev–Trinajstić information content (AvgIpc) is 3.46. The number of allylic oxidation sites excluding steroid dienone is 2. The van der Waals surface area contributed by atoms with Gasteiger partial charge < -0.3 is 15.8 Å². The number of carbonyl (C=O) groups excluding carboxylic acids is 1. The van der Waals surface area contributed by atoms with Crippen LogP contribution in [0.1, 0.15) is 30.2 Å². The van der Waals surface area contributed by atoms with E-state index in [4.69, 9.17) is 27.5 Å². The van der Waals surface area contributed by atoms with E-state index in [1.165, 1.54) is 0 Å². The molecular weight excluding hydrogens is 328 g/mol. The molecule has 1 atom stereocenters. The van der Waals surface area contributed by atoms with Crippen LogP contribution in [0.25, 0.3) is 0 Å². The zero-order valence-electron chi connectivity index (χ0n) is 13.3. The molecule has 6 nitrogen and oxygen atoms in total. The molecule has 1 aromatic heterocycles. The van der Waals surface area contributed by atoms with Crippen molar-refractivity contribution in [2.75, 3.05) is 19.7 Å². The summed E-state index contributed by atoms with van der Waals surface area (Å²) in [7, 11) is 0. The molecule has 7 heteroatoms. The summed E-state index contributed by atoms with van der Waals surface area (Å²) in [5.74, 6) is -0.121. The Morgan fingerprint density at radius 2 is 2.25 bits per heavy atom. The van der Waals surface area contributed by atoms with E-state index in [1.54, 1.807) is 6.20 Å². The van der Waals surface area contributed by atoms with E-state index in [-0.39, 0.29) is 35.0 Å². The van der Waals surface area contributed by atoms with Gasteiger partial charge in [0.25, 0.3) is 0 Å². The van der Waals surface area contributed by atoms with Gasteiger partial charge >= 0.3 is 0 Å². The standard InChI is InChI=1S/C17H21ClN4O2/c18-15(16(19)11-2-3-11)17(20)13(23)7-10-1-4-12(22-8-10)14-9-21-5-6-24-14/h1,4,8,11,14,20-21H,2-3,5-7,9,19H2/t14-/m1/s1. The number of ketones is 1. The molecule has 1 aliphatic carbocycles. The number of nitrogens with one attached hydrogen (secondary N) is 2. The monoisotopic (exact) mass is 348 g/mol. The Hall–Kier alpha value is -1.76. The molecule has 0 bridgehead atoms. The van der Waals surface area contributed by atoms with E-state index in [9.17, 15) is 4.79 Å². The van der Waals surface area contributed by atoms with Gasteiger partial charge in [0.1, 0.15) is 11.8 Å². The minimum Gasteiger partial charge on any atom is -0.401 e. The Morgan fingerprint density at radius 3 is 2.83 bits per heavy atom. The zero-order chi connectivity index (χ0) is 17.1. The second-order valence-corrected chi connectivity index (χ2v) is 6.55. The maximum Gasteiger partial charge on any atom is 0.186 e. The first kappa shape index (κ1) is 17.1. The molecular formula is C17H21ClN4O2. The summed E-state index contributed by atoms with van der Waals surface area (Å²) < 4.78 is 5.65. The number of hydrogen-bond acceptors (Lipinski definition) is 6. The molecule has 0 unspecified atom stereocenters. The summed E-state index contributed by atoms with van der Waals surface area (Å²) in [5, 5.41) is 11.3. The summed E-state index contributed by atoms with van der Waals surface area (Å²) in [6.07, 6.45) is 3.64. The molecule has 1 saturated heterocycles. The van der Waals surface area contributed by atoms with Gasteiger partial charge in [0, 0.05) is 37.3 Å². The van der Waals surface area contributed by atoms with Crippen LogP contribution >= 0.6 is 11.6 Å². The van der Waals surface area contributed by atoms with E-state index < -0.39 is 0 Å². The van der Waals surface area contributed by atoms with Gasteiger partial charge in [0.05, 0.1) is 17.3 Å². The Balaban J connectivity index is 1.61. The highest BCUT2D eigenvalue weighted by molar-refractivity contribution is 6.59. The normalized spacial score (nSPS) is 22.0. The molecule has 1 aliphatic heterocycles. The molecule has 24 heavy (non-hydrogen) atoms. The first-order valence-corrected chi connectivity index (χ1v) is 8.48. The Labute approximate surface area is 145 Å². The number of carbonyl (C=O) groups is 1. The summed E-state index contributed by atoms with van der Waals surface area (Å²) >= 11 is 6.07. The molecule has 4 N–H and O–H groups in total. The van der Waals surface area contributed by atoms with Crippen molar-refractivity contribution in [3.05, 3.63) is 40.3 Å². The molecule has 0 radical (unpaired) electrons. The highest BCUT2D eigenvalue weighted by atomic mass is 35.5. The number of pyridine rings is 1. The molecule has 0 amide bonds. The molecule has 1 aromatic rings. The number of nitrogens with two attached hydrogens (primary N) is 1. The molecule has 3 rings (SSSR count). The number of Topliss-reactive ketones (excluding diaryl/α,β-unsaturated/α-hetero) is 1. The third-order valence-corrected chi connectivity index (χ3v) is 4.65. The molecule has 2 heterocycles. The molecule has 128 valence electrons. The van der Waals surface area contributed by atoms with Gasteiger partial charge in [0.15, 0.2) is 5.78 Å². The van der Waals surface area contributed by atoms with Crippen LogP contribution in [0.3, 0.4) is 0 Å². The third-order valence-electron chi connectivity index (χ3n) is 4.24. The van der Waals surface area contributed by atoms with E-state index in [2.05, 4.69) is 10.3 Å². The lowest BCUT2D eigenvalue weighted by atomic mass is 10.0. The third kappa shape index (κ3) is 4.01. The van der Waals surface area contributed by atoms with Crippen molar-refractivity contribution >= 4 is 23.1 Å². The van der Waals surface area contributed by atoms with Crippen molar-refractivity contribution in [3.8, 4) is 0 Å². The van der Waals surface area contributed by atoms with Gasteiger partial charge in [-0.1, -0.05) is 17.7 Å². The van der Waals surface area contributed by atoms with Gasteiger partial charge in [0.2, 0.25) is 0 Å². The maximum absolute atomic E-state index is 12.2. The van der Waals surface area contributed by atoms with Crippen LogP contribution in [0.2, 0.25) is 0 Å². The number of ether oxygens (including phenoxy) is 1.